The molecule has 0 spiro atoms. The summed E-state index contributed by atoms with van der Waals surface area (Å²) >= 11 is 5.85. The second kappa shape index (κ2) is 6.99. The third-order valence-corrected chi connectivity index (χ3v) is 2.95. The zero-order chi connectivity index (χ0) is 15.2. The molecule has 0 heterocycles. The zero-order valence-electron chi connectivity index (χ0n) is 12.0. The van der Waals surface area contributed by atoms with Crippen LogP contribution in [0, 0.1) is 0 Å². The molecule has 0 aliphatic rings. The summed E-state index contributed by atoms with van der Waals surface area (Å²) < 4.78 is 0. The van der Waals surface area contributed by atoms with Crippen LogP contribution < -0.4 is 16.0 Å². The fourth-order valence-electron chi connectivity index (χ4n) is 1.77. The van der Waals surface area contributed by atoms with Gasteiger partial charge in [0.25, 0.3) is 0 Å². The lowest BCUT2D eigenvalue weighted by Gasteiger charge is -2.11. The van der Waals surface area contributed by atoms with E-state index in [0.717, 1.165) is 17.1 Å². The van der Waals surface area contributed by atoms with Crippen molar-refractivity contribution in [3.05, 3.63) is 53.6 Å². The number of benzene rings is 2. The van der Waals surface area contributed by atoms with Crippen molar-refractivity contribution < 1.29 is 4.79 Å². The molecule has 0 aromatic heterocycles. The van der Waals surface area contributed by atoms with Crippen LogP contribution in [0.4, 0.5) is 21.9 Å². The van der Waals surface area contributed by atoms with Gasteiger partial charge in [-0.25, -0.2) is 4.79 Å². The van der Waals surface area contributed by atoms with Crippen LogP contribution in [0.25, 0.3) is 0 Å². The van der Waals surface area contributed by atoms with E-state index < -0.39 is 0 Å². The van der Waals surface area contributed by atoms with Crippen molar-refractivity contribution in [1.29, 1.82) is 0 Å². The molecule has 0 radical (unpaired) electrons. The first kappa shape index (κ1) is 15.2. The number of nitrogens with one attached hydrogen (secondary N) is 3. The van der Waals surface area contributed by atoms with E-state index in [2.05, 4.69) is 16.0 Å². The van der Waals surface area contributed by atoms with Crippen molar-refractivity contribution in [2.45, 2.75) is 19.9 Å². The minimum atomic E-state index is -0.205. The molecule has 2 rings (SSSR count). The van der Waals surface area contributed by atoms with Gasteiger partial charge in [0.05, 0.1) is 0 Å². The predicted octanol–water partition coefficient (Wildman–Crippen LogP) is 4.61. The minimum Gasteiger partial charge on any atom is -0.356 e. The molecule has 0 saturated heterocycles. The Morgan fingerprint density at radius 2 is 1.38 bits per heavy atom. The SMILES string of the molecule is CC(C)NC(=O)Nc1ccc(Nc2ccc(Cl)cc2)cc1. The van der Waals surface area contributed by atoms with Crippen LogP contribution >= 0.6 is 11.6 Å². The highest BCUT2D eigenvalue weighted by Crippen LogP contribution is 2.20. The third kappa shape index (κ3) is 5.00. The maximum atomic E-state index is 11.6. The van der Waals surface area contributed by atoms with Crippen LogP contribution in [-0.2, 0) is 0 Å². The molecular formula is C16H18ClN3O. The first-order valence-electron chi connectivity index (χ1n) is 6.73. The van der Waals surface area contributed by atoms with Gasteiger partial charge in [0, 0.05) is 28.1 Å². The molecule has 0 saturated carbocycles. The summed E-state index contributed by atoms with van der Waals surface area (Å²) in [6, 6.07) is 14.9. The van der Waals surface area contributed by atoms with Gasteiger partial charge in [0.15, 0.2) is 0 Å². The van der Waals surface area contributed by atoms with Crippen LogP contribution in [0.5, 0.6) is 0 Å². The molecule has 4 nitrogen and oxygen atoms in total. The molecular weight excluding hydrogens is 286 g/mol. The van der Waals surface area contributed by atoms with Crippen LogP contribution in [-0.4, -0.2) is 12.1 Å². The number of amides is 2. The van der Waals surface area contributed by atoms with Crippen LogP contribution in [0.3, 0.4) is 0 Å². The lowest BCUT2D eigenvalue weighted by molar-refractivity contribution is 0.250. The van der Waals surface area contributed by atoms with Gasteiger partial charge < -0.3 is 16.0 Å². The topological polar surface area (TPSA) is 53.2 Å². The van der Waals surface area contributed by atoms with E-state index in [1.165, 1.54) is 0 Å². The summed E-state index contributed by atoms with van der Waals surface area (Å²) in [5.74, 6) is 0. The molecule has 3 N–H and O–H groups in total. The summed E-state index contributed by atoms with van der Waals surface area (Å²) in [6.07, 6.45) is 0. The predicted molar refractivity (Wildman–Crippen MR) is 88.5 cm³/mol. The van der Waals surface area contributed by atoms with Crippen LogP contribution in [0.2, 0.25) is 5.02 Å². The van der Waals surface area contributed by atoms with E-state index in [1.54, 1.807) is 0 Å². The molecule has 0 aliphatic carbocycles. The zero-order valence-corrected chi connectivity index (χ0v) is 12.7. The summed E-state index contributed by atoms with van der Waals surface area (Å²) in [4.78, 5) is 11.6. The maximum absolute atomic E-state index is 11.6. The van der Waals surface area contributed by atoms with Gasteiger partial charge in [-0.3, -0.25) is 0 Å². The molecule has 110 valence electrons. The molecule has 2 aromatic rings. The molecule has 0 aliphatic heterocycles. The smallest absolute Gasteiger partial charge is 0.319 e. The third-order valence-electron chi connectivity index (χ3n) is 2.70. The van der Waals surface area contributed by atoms with E-state index in [9.17, 15) is 4.79 Å². The number of rotatable bonds is 4. The lowest BCUT2D eigenvalue weighted by Crippen LogP contribution is -2.34. The van der Waals surface area contributed by atoms with Crippen LogP contribution in [0.15, 0.2) is 48.5 Å². The van der Waals surface area contributed by atoms with Crippen molar-refractivity contribution in [2.24, 2.45) is 0 Å². The van der Waals surface area contributed by atoms with E-state index in [0.29, 0.717) is 5.02 Å². The monoisotopic (exact) mass is 303 g/mol. The second-order valence-corrected chi connectivity index (χ2v) is 5.40. The highest BCUT2D eigenvalue weighted by Gasteiger charge is 2.03. The second-order valence-electron chi connectivity index (χ2n) is 4.96. The minimum absolute atomic E-state index is 0.107. The average Bonchev–Trinajstić information content (AvgIpc) is 2.42. The fourth-order valence-corrected chi connectivity index (χ4v) is 1.89. The fraction of sp³-hybridized carbons (Fsp3) is 0.188. The van der Waals surface area contributed by atoms with Crippen molar-refractivity contribution in [3.63, 3.8) is 0 Å². The normalized spacial score (nSPS) is 10.3. The van der Waals surface area contributed by atoms with Gasteiger partial charge >= 0.3 is 6.03 Å². The van der Waals surface area contributed by atoms with Gasteiger partial charge in [0.1, 0.15) is 0 Å². The van der Waals surface area contributed by atoms with Gasteiger partial charge in [-0.1, -0.05) is 11.6 Å². The number of hydrogen-bond donors (Lipinski definition) is 3. The Labute approximate surface area is 129 Å². The molecule has 2 amide bonds. The highest BCUT2D eigenvalue weighted by atomic mass is 35.5. The van der Waals surface area contributed by atoms with Gasteiger partial charge in [-0.05, 0) is 62.4 Å². The van der Waals surface area contributed by atoms with Crippen molar-refractivity contribution >= 4 is 34.7 Å². The van der Waals surface area contributed by atoms with Gasteiger partial charge in [-0.2, -0.15) is 0 Å². The molecule has 0 atom stereocenters. The van der Waals surface area contributed by atoms with Crippen molar-refractivity contribution in [1.82, 2.24) is 5.32 Å². The molecule has 5 heteroatoms. The Balaban J connectivity index is 1.95. The summed E-state index contributed by atoms with van der Waals surface area (Å²) in [5.41, 5.74) is 2.64. The quantitative estimate of drug-likeness (QED) is 0.772. The number of anilines is 3. The number of carbonyl (C=O) groups is 1. The molecule has 21 heavy (non-hydrogen) atoms. The van der Waals surface area contributed by atoms with E-state index in [1.807, 2.05) is 62.4 Å². The molecule has 2 aromatic carbocycles. The number of carbonyl (C=O) groups excluding carboxylic acids is 1. The maximum Gasteiger partial charge on any atom is 0.319 e. The van der Waals surface area contributed by atoms with Crippen LogP contribution in [0.1, 0.15) is 13.8 Å². The Morgan fingerprint density at radius 1 is 0.905 bits per heavy atom. The van der Waals surface area contributed by atoms with Gasteiger partial charge in [-0.15, -0.1) is 0 Å². The average molecular weight is 304 g/mol. The lowest BCUT2D eigenvalue weighted by atomic mass is 10.2. The summed E-state index contributed by atoms with van der Waals surface area (Å²) in [6.45, 7) is 3.83. The first-order valence-corrected chi connectivity index (χ1v) is 7.11. The Hall–Kier alpha value is -2.20. The van der Waals surface area contributed by atoms with E-state index in [-0.39, 0.29) is 12.1 Å². The van der Waals surface area contributed by atoms with Crippen molar-refractivity contribution in [3.8, 4) is 0 Å². The Kier molecular flexibility index (Phi) is 5.06. The number of urea groups is 1. The molecule has 0 unspecified atom stereocenters. The summed E-state index contributed by atoms with van der Waals surface area (Å²) in [7, 11) is 0. The first-order chi connectivity index (χ1) is 10.0. The number of halogens is 1. The Bertz CT molecular complexity index is 594. The van der Waals surface area contributed by atoms with Gasteiger partial charge in [0.2, 0.25) is 0 Å². The summed E-state index contributed by atoms with van der Waals surface area (Å²) in [5, 5.41) is 9.51. The largest absolute Gasteiger partial charge is 0.356 e. The Morgan fingerprint density at radius 3 is 1.90 bits per heavy atom. The molecule has 0 bridgehead atoms. The van der Waals surface area contributed by atoms with E-state index >= 15 is 0 Å². The molecule has 0 fully saturated rings. The van der Waals surface area contributed by atoms with Crippen molar-refractivity contribution in [2.75, 3.05) is 10.6 Å². The van der Waals surface area contributed by atoms with E-state index in [4.69, 9.17) is 11.6 Å². The number of hydrogen-bond acceptors (Lipinski definition) is 2. The standard InChI is InChI=1S/C16H18ClN3O/c1-11(2)18-16(21)20-15-9-7-14(8-10-15)19-13-5-3-12(17)4-6-13/h3-11,19H,1-2H3,(H2,18,20,21). The highest BCUT2D eigenvalue weighted by molar-refractivity contribution is 6.30.